The number of unbranched alkanes of at least 4 members (excludes halogenated alkanes) is 13. The highest BCUT2D eigenvalue weighted by Gasteiger charge is 2.53. The molecule has 4 unspecified atom stereocenters. The van der Waals surface area contributed by atoms with E-state index < -0.39 is 25.4 Å². The maximum atomic E-state index is 12.8. The van der Waals surface area contributed by atoms with E-state index in [0.717, 1.165) is 18.8 Å². The maximum absolute atomic E-state index is 12.8. The summed E-state index contributed by atoms with van der Waals surface area (Å²) in [6, 6.07) is 0. The van der Waals surface area contributed by atoms with Gasteiger partial charge in [-0.1, -0.05) is 109 Å². The van der Waals surface area contributed by atoms with Crippen molar-refractivity contribution >= 4 is 13.8 Å². The molecule has 4 rings (SSSR count). The fourth-order valence-corrected chi connectivity index (χ4v) is 8.59. The number of ether oxygens (including phenoxy) is 2. The van der Waals surface area contributed by atoms with Crippen molar-refractivity contribution in [1.82, 2.24) is 0 Å². The Morgan fingerprint density at radius 2 is 1.44 bits per heavy atom. The third-order valence-electron chi connectivity index (χ3n) is 10.5. The fraction of sp³-hybridized carbons (Fsp3) is 0.861. The van der Waals surface area contributed by atoms with E-state index in [0.29, 0.717) is 6.61 Å². The number of quaternary nitrogens is 1. The van der Waals surface area contributed by atoms with Crippen LogP contribution in [0.3, 0.4) is 0 Å². The van der Waals surface area contributed by atoms with E-state index in [2.05, 4.69) is 19.1 Å². The minimum absolute atomic E-state index is 0.0819. The van der Waals surface area contributed by atoms with Crippen LogP contribution in [0.4, 0.5) is 0 Å². The second-order valence-corrected chi connectivity index (χ2v) is 15.7. The second-order valence-electron chi connectivity index (χ2n) is 14.3. The van der Waals surface area contributed by atoms with Crippen molar-refractivity contribution in [3.8, 4) is 0 Å². The third-order valence-corrected chi connectivity index (χ3v) is 11.3. The van der Waals surface area contributed by atoms with Crippen molar-refractivity contribution in [2.45, 2.75) is 161 Å². The molecule has 0 saturated heterocycles. The Bertz CT molecular complexity index is 934. The SMILES string of the molecule is CCCCCCCCCCCCCCCCOCC(COP(=O)([O-])O[NH2+]C1(C)C=CC=CC1C12CCC(CC1)CC2)OC(C)=O. The molecule has 0 aliphatic heterocycles. The number of esters is 1. The molecule has 0 heterocycles. The van der Waals surface area contributed by atoms with E-state index in [1.165, 1.54) is 128 Å². The van der Waals surface area contributed by atoms with Crippen molar-refractivity contribution in [3.05, 3.63) is 24.3 Å². The van der Waals surface area contributed by atoms with E-state index in [1.807, 2.05) is 19.1 Å². The first-order chi connectivity index (χ1) is 21.7. The lowest BCUT2D eigenvalue weighted by molar-refractivity contribution is -0.912. The van der Waals surface area contributed by atoms with Crippen LogP contribution < -0.4 is 10.4 Å². The van der Waals surface area contributed by atoms with Crippen LogP contribution in [0, 0.1) is 17.3 Å². The molecule has 0 spiro atoms. The first-order valence-electron chi connectivity index (χ1n) is 18.3. The molecule has 0 amide bonds. The Labute approximate surface area is 274 Å². The third kappa shape index (κ3) is 13.9. The number of carbonyl (C=O) groups excluding carboxylic acids is 1. The first-order valence-corrected chi connectivity index (χ1v) is 19.7. The van der Waals surface area contributed by atoms with Gasteiger partial charge >= 0.3 is 13.8 Å². The minimum Gasteiger partial charge on any atom is -0.752 e. The number of phosphoric ester groups is 1. The predicted molar refractivity (Wildman–Crippen MR) is 177 cm³/mol. The van der Waals surface area contributed by atoms with Crippen molar-refractivity contribution in [2.24, 2.45) is 17.3 Å². The average molecular weight is 654 g/mol. The van der Waals surface area contributed by atoms with E-state index in [-0.39, 0.29) is 24.5 Å². The fourth-order valence-electron chi connectivity index (χ4n) is 7.82. The highest BCUT2D eigenvalue weighted by molar-refractivity contribution is 7.45. The summed E-state index contributed by atoms with van der Waals surface area (Å²) < 4.78 is 34.4. The van der Waals surface area contributed by atoms with Gasteiger partial charge in [0.25, 0.3) is 0 Å². The number of hydrogen-bond donors (Lipinski definition) is 1. The molecule has 45 heavy (non-hydrogen) atoms. The number of rotatable bonds is 25. The monoisotopic (exact) mass is 653 g/mol. The molecule has 3 fully saturated rings. The summed E-state index contributed by atoms with van der Waals surface area (Å²) in [5.41, 5.74) is 1.06. The molecule has 3 saturated carbocycles. The van der Waals surface area contributed by atoms with Gasteiger partial charge in [0.05, 0.1) is 13.2 Å². The molecule has 2 bridgehead atoms. The first kappa shape index (κ1) is 38.4. The van der Waals surface area contributed by atoms with Crippen LogP contribution in [-0.4, -0.2) is 37.4 Å². The molecule has 2 N–H and O–H groups in total. The van der Waals surface area contributed by atoms with E-state index in [4.69, 9.17) is 18.6 Å². The largest absolute Gasteiger partial charge is 0.752 e. The molecular formula is C36H64NO7P. The van der Waals surface area contributed by atoms with Gasteiger partial charge < -0.3 is 18.9 Å². The Morgan fingerprint density at radius 1 is 0.889 bits per heavy atom. The van der Waals surface area contributed by atoms with Crippen molar-refractivity contribution in [1.29, 1.82) is 0 Å². The van der Waals surface area contributed by atoms with Gasteiger partial charge in [0.2, 0.25) is 0 Å². The van der Waals surface area contributed by atoms with Gasteiger partial charge in [-0.25, -0.2) is 0 Å². The summed E-state index contributed by atoms with van der Waals surface area (Å²) in [7, 11) is -4.67. The molecule has 9 heteroatoms. The second kappa shape index (κ2) is 20.4. The molecule has 8 nitrogen and oxygen atoms in total. The molecule has 260 valence electrons. The molecular weight excluding hydrogens is 589 g/mol. The highest BCUT2D eigenvalue weighted by atomic mass is 31.2. The minimum atomic E-state index is -4.67. The lowest BCUT2D eigenvalue weighted by Gasteiger charge is -2.53. The quantitative estimate of drug-likeness (QED) is 0.0462. The van der Waals surface area contributed by atoms with E-state index in [1.54, 1.807) is 0 Å². The zero-order chi connectivity index (χ0) is 32.4. The molecule has 0 aromatic heterocycles. The van der Waals surface area contributed by atoms with Crippen LogP contribution in [-0.2, 0) is 28.0 Å². The lowest BCUT2D eigenvalue weighted by atomic mass is 9.52. The van der Waals surface area contributed by atoms with E-state index in [9.17, 15) is 14.3 Å². The molecule has 0 aromatic carbocycles. The van der Waals surface area contributed by atoms with Crippen LogP contribution in [0.15, 0.2) is 24.3 Å². The normalized spacial score (nSPS) is 27.8. The molecule has 0 radical (unpaired) electrons. The van der Waals surface area contributed by atoms with Crippen LogP contribution >= 0.6 is 7.82 Å². The number of phosphoric acid groups is 1. The Kier molecular flexibility index (Phi) is 17.4. The molecule has 4 aliphatic carbocycles. The van der Waals surface area contributed by atoms with Crippen molar-refractivity contribution < 1.29 is 38.4 Å². The Hall–Kier alpha value is -1.02. The van der Waals surface area contributed by atoms with Crippen LogP contribution in [0.1, 0.15) is 149 Å². The summed E-state index contributed by atoms with van der Waals surface area (Å²) in [5.74, 6) is 0.520. The van der Waals surface area contributed by atoms with Crippen LogP contribution in [0.5, 0.6) is 0 Å². The van der Waals surface area contributed by atoms with Gasteiger partial charge in [0.1, 0.15) is 11.6 Å². The Balaban J connectivity index is 1.28. The van der Waals surface area contributed by atoms with Crippen LogP contribution in [0.25, 0.3) is 0 Å². The van der Waals surface area contributed by atoms with Gasteiger partial charge in [-0.05, 0) is 69.3 Å². The number of hydroxylamine groups is 1. The number of fused-ring (bicyclic) bond motifs is 3. The van der Waals surface area contributed by atoms with Gasteiger partial charge in [-0.2, -0.15) is 5.48 Å². The number of allylic oxidation sites excluding steroid dienone is 2. The summed E-state index contributed by atoms with van der Waals surface area (Å²) in [6.45, 7) is 5.88. The van der Waals surface area contributed by atoms with Gasteiger partial charge in [-0.3, -0.25) is 9.36 Å². The summed E-state index contributed by atoms with van der Waals surface area (Å²) in [6.07, 6.45) is 32.9. The number of hydrogen-bond acceptors (Lipinski definition) is 7. The topological polar surface area (TPSA) is 111 Å². The zero-order valence-electron chi connectivity index (χ0n) is 28.7. The lowest BCUT2D eigenvalue weighted by Crippen LogP contribution is -2.97. The smallest absolute Gasteiger partial charge is 0.324 e. The van der Waals surface area contributed by atoms with Crippen molar-refractivity contribution in [3.63, 3.8) is 0 Å². The van der Waals surface area contributed by atoms with Crippen LogP contribution in [0.2, 0.25) is 0 Å². The molecule has 0 aromatic rings. The molecule has 4 aliphatic rings. The van der Waals surface area contributed by atoms with Gasteiger partial charge in [0.15, 0.2) is 0 Å². The zero-order valence-corrected chi connectivity index (χ0v) is 29.6. The molecule has 4 atom stereocenters. The van der Waals surface area contributed by atoms with Gasteiger partial charge in [0, 0.05) is 19.4 Å². The summed E-state index contributed by atoms with van der Waals surface area (Å²) >= 11 is 0. The Morgan fingerprint density at radius 3 is 2.00 bits per heavy atom. The average Bonchev–Trinajstić information content (AvgIpc) is 3.03. The summed E-state index contributed by atoms with van der Waals surface area (Å²) in [5, 5.41) is 0. The number of carbonyl (C=O) groups is 1. The standard InChI is InChI=1S/C36H64NO7P/c1-4-5-6-7-8-9-10-11-12-13-14-15-16-19-28-41-29-33(43-31(2)38)30-42-45(39,40)44-37-35(3)24-18-17-20-34(35)36-25-21-32(22-26-36)23-27-36/h17-18,20,24,32-34,37H,4-16,19,21-23,25-30H2,1-3H3,(H,39,40). The number of nitrogens with two attached hydrogens (primary N) is 1. The summed E-state index contributed by atoms with van der Waals surface area (Å²) in [4.78, 5) is 24.4. The van der Waals surface area contributed by atoms with E-state index >= 15 is 0 Å². The maximum Gasteiger partial charge on any atom is 0.324 e. The van der Waals surface area contributed by atoms with Gasteiger partial charge in [-0.15, -0.1) is 4.62 Å². The van der Waals surface area contributed by atoms with Crippen molar-refractivity contribution in [2.75, 3.05) is 19.8 Å². The highest BCUT2D eigenvalue weighted by Crippen LogP contribution is 2.57. The predicted octanol–water partition coefficient (Wildman–Crippen LogP) is 7.87.